The number of H-pyrrole nitrogens is 1. The lowest BCUT2D eigenvalue weighted by atomic mass is 10.3. The van der Waals surface area contributed by atoms with Gasteiger partial charge in [0.15, 0.2) is 5.82 Å². The fourth-order valence-corrected chi connectivity index (χ4v) is 3.47. The summed E-state index contributed by atoms with van der Waals surface area (Å²) in [6.45, 7) is 3.41. The highest BCUT2D eigenvalue weighted by Gasteiger charge is 2.23. The van der Waals surface area contributed by atoms with Crippen LogP contribution in [0.3, 0.4) is 0 Å². The number of nitrogen functional groups attached to an aromatic ring is 1. The van der Waals surface area contributed by atoms with E-state index in [4.69, 9.17) is 5.73 Å². The first-order chi connectivity index (χ1) is 11.7. The van der Waals surface area contributed by atoms with E-state index in [9.17, 15) is 0 Å². The molecule has 1 aliphatic rings. The van der Waals surface area contributed by atoms with Crippen LogP contribution in [-0.2, 0) is 6.54 Å². The van der Waals surface area contributed by atoms with E-state index in [0.29, 0.717) is 12.4 Å². The maximum atomic E-state index is 5.75. The molecule has 3 heterocycles. The summed E-state index contributed by atoms with van der Waals surface area (Å²) >= 11 is 1.68. The number of nitrogens with two attached hydrogens (primary N) is 1. The lowest BCUT2D eigenvalue weighted by molar-refractivity contribution is 0.479. The molecule has 1 aromatic carbocycles. The van der Waals surface area contributed by atoms with Crippen molar-refractivity contribution >= 4 is 29.3 Å². The molecule has 1 aliphatic heterocycles. The first-order valence-corrected chi connectivity index (χ1v) is 8.35. The number of nitrogens with one attached hydrogen (secondary N) is 1. The fraction of sp³-hybridized carbons (Fsp3) is 0.188. The Morgan fingerprint density at radius 2 is 2.08 bits per heavy atom. The first-order valence-electron chi connectivity index (χ1n) is 7.58. The van der Waals surface area contributed by atoms with E-state index in [0.717, 1.165) is 34.5 Å². The van der Waals surface area contributed by atoms with Crippen molar-refractivity contribution < 1.29 is 0 Å². The van der Waals surface area contributed by atoms with Crippen molar-refractivity contribution in [3.8, 4) is 0 Å². The van der Waals surface area contributed by atoms with Crippen LogP contribution in [0.2, 0.25) is 0 Å². The summed E-state index contributed by atoms with van der Waals surface area (Å²) in [6.07, 6.45) is 3.75. The van der Waals surface area contributed by atoms with Gasteiger partial charge in [-0.25, -0.2) is 14.3 Å². The van der Waals surface area contributed by atoms with Gasteiger partial charge in [0.25, 0.3) is 0 Å². The van der Waals surface area contributed by atoms with Gasteiger partial charge < -0.3 is 5.73 Å². The molecule has 0 saturated heterocycles. The zero-order chi connectivity index (χ0) is 16.5. The second-order valence-corrected chi connectivity index (χ2v) is 6.78. The number of aryl methyl sites for hydroxylation is 1. The number of hydrogen-bond donors (Lipinski definition) is 2. The number of aromatic amines is 1. The van der Waals surface area contributed by atoms with Gasteiger partial charge >= 0.3 is 0 Å². The number of fused-ring (bicyclic) bond motifs is 1. The Morgan fingerprint density at radius 1 is 1.25 bits per heavy atom. The van der Waals surface area contributed by atoms with Gasteiger partial charge in [-0.1, -0.05) is 0 Å². The van der Waals surface area contributed by atoms with Crippen LogP contribution in [0.25, 0.3) is 0 Å². The Balaban J connectivity index is 1.61. The monoisotopic (exact) mass is 339 g/mol. The smallest absolute Gasteiger partial charge is 0.175 e. The Hall–Kier alpha value is -2.58. The number of aromatic nitrogens is 4. The molecule has 24 heavy (non-hydrogen) atoms. The summed E-state index contributed by atoms with van der Waals surface area (Å²) < 4.78 is 4.26. The molecule has 4 rings (SSSR count). The van der Waals surface area contributed by atoms with E-state index < -0.39 is 0 Å². The van der Waals surface area contributed by atoms with Crippen LogP contribution in [0.4, 0.5) is 11.5 Å². The van der Waals surface area contributed by atoms with Crippen LogP contribution >= 0.6 is 11.9 Å². The maximum absolute atomic E-state index is 5.75. The summed E-state index contributed by atoms with van der Waals surface area (Å²) in [5.41, 5.74) is 7.51. The summed E-state index contributed by atoms with van der Waals surface area (Å²) in [7, 11) is 0. The lowest BCUT2D eigenvalue weighted by Gasteiger charge is -2.27. The number of hydrogen-bond acceptors (Lipinski definition) is 6. The molecule has 0 saturated carbocycles. The van der Waals surface area contributed by atoms with Gasteiger partial charge in [0, 0.05) is 34.7 Å². The van der Waals surface area contributed by atoms with Crippen molar-refractivity contribution in [1.82, 2.24) is 24.1 Å². The molecule has 0 aliphatic carbocycles. The van der Waals surface area contributed by atoms with Gasteiger partial charge in [0.2, 0.25) is 0 Å². The normalized spacial score (nSPS) is 16.5. The molecule has 0 spiro atoms. The molecule has 3 aromatic rings. The van der Waals surface area contributed by atoms with Crippen LogP contribution in [0.5, 0.6) is 0 Å². The average Bonchev–Trinajstić information content (AvgIpc) is 3.19. The zero-order valence-electron chi connectivity index (χ0n) is 13.2. The molecule has 0 atom stereocenters. The minimum atomic E-state index is 0.682. The van der Waals surface area contributed by atoms with Crippen molar-refractivity contribution in [3.63, 3.8) is 0 Å². The highest BCUT2D eigenvalue weighted by atomic mass is 32.2. The topological polar surface area (TPSA) is 88.1 Å². The predicted molar refractivity (Wildman–Crippen MR) is 95.2 cm³/mol. The van der Waals surface area contributed by atoms with Crippen LogP contribution in [-0.4, -0.2) is 36.4 Å². The highest BCUT2D eigenvalue weighted by Crippen LogP contribution is 2.27. The van der Waals surface area contributed by atoms with Crippen molar-refractivity contribution in [3.05, 3.63) is 54.2 Å². The SMILES string of the molecule is Cc1cc(N=C2CN(Sc3ccc(N)cc3)Cc3nccn32)n[nH]1. The summed E-state index contributed by atoms with van der Waals surface area (Å²) in [5.74, 6) is 2.56. The van der Waals surface area contributed by atoms with E-state index in [1.807, 2.05) is 48.0 Å². The molecule has 3 N–H and O–H groups in total. The third kappa shape index (κ3) is 3.06. The fourth-order valence-electron chi connectivity index (χ4n) is 2.56. The Kier molecular flexibility index (Phi) is 3.83. The molecule has 7 nitrogen and oxygen atoms in total. The lowest BCUT2D eigenvalue weighted by Crippen LogP contribution is -2.35. The minimum absolute atomic E-state index is 0.682. The van der Waals surface area contributed by atoms with Gasteiger partial charge in [-0.05, 0) is 43.1 Å². The molecule has 2 aromatic heterocycles. The van der Waals surface area contributed by atoms with E-state index >= 15 is 0 Å². The first kappa shape index (κ1) is 15.0. The van der Waals surface area contributed by atoms with Crippen LogP contribution in [0.15, 0.2) is 52.6 Å². The number of anilines is 1. The molecule has 0 bridgehead atoms. The van der Waals surface area contributed by atoms with Gasteiger partial charge in [0.1, 0.15) is 11.7 Å². The highest BCUT2D eigenvalue weighted by molar-refractivity contribution is 7.97. The molecular formula is C16H17N7S. The van der Waals surface area contributed by atoms with E-state index in [-0.39, 0.29) is 0 Å². The Morgan fingerprint density at radius 3 is 2.83 bits per heavy atom. The standard InChI is InChI=1S/C16H17N7S/c1-11-8-14(21-20-11)19-16-10-22(9-15-18-6-7-23(15)16)24-13-4-2-12(17)3-5-13/h2-8H,9-10,17H2,1H3,(H,20,21). The summed E-state index contributed by atoms with van der Waals surface area (Å²) in [6, 6.07) is 9.79. The second-order valence-electron chi connectivity index (χ2n) is 5.61. The average molecular weight is 339 g/mol. The van der Waals surface area contributed by atoms with Gasteiger partial charge in [-0.2, -0.15) is 5.10 Å². The van der Waals surface area contributed by atoms with E-state index in [1.54, 1.807) is 18.1 Å². The summed E-state index contributed by atoms with van der Waals surface area (Å²) in [5, 5.41) is 7.12. The third-order valence-corrected chi connectivity index (χ3v) is 4.68. The molecule has 0 amide bonds. The van der Waals surface area contributed by atoms with Crippen LogP contribution in [0.1, 0.15) is 11.5 Å². The van der Waals surface area contributed by atoms with E-state index in [1.165, 1.54) is 0 Å². The van der Waals surface area contributed by atoms with Crippen molar-refractivity contribution in [1.29, 1.82) is 0 Å². The largest absolute Gasteiger partial charge is 0.399 e. The van der Waals surface area contributed by atoms with Gasteiger partial charge in [0.05, 0.1) is 13.1 Å². The third-order valence-electron chi connectivity index (χ3n) is 3.68. The molecule has 0 unspecified atom stereocenters. The number of aliphatic imine (C=N–C) groups is 1. The van der Waals surface area contributed by atoms with Crippen molar-refractivity contribution in [2.24, 2.45) is 4.99 Å². The molecular weight excluding hydrogens is 322 g/mol. The number of imidazole rings is 1. The van der Waals surface area contributed by atoms with Crippen LogP contribution < -0.4 is 5.73 Å². The van der Waals surface area contributed by atoms with Crippen molar-refractivity contribution in [2.75, 3.05) is 12.3 Å². The molecule has 0 radical (unpaired) electrons. The van der Waals surface area contributed by atoms with Gasteiger partial charge in [-0.15, -0.1) is 0 Å². The number of nitrogens with zero attached hydrogens (tertiary/aromatic N) is 5. The Bertz CT molecular complexity index is 878. The van der Waals surface area contributed by atoms with Crippen LogP contribution in [0, 0.1) is 6.92 Å². The van der Waals surface area contributed by atoms with Crippen molar-refractivity contribution in [2.45, 2.75) is 18.4 Å². The maximum Gasteiger partial charge on any atom is 0.175 e. The number of rotatable bonds is 3. The minimum Gasteiger partial charge on any atom is -0.399 e. The zero-order valence-corrected chi connectivity index (χ0v) is 14.0. The van der Waals surface area contributed by atoms with Gasteiger partial charge in [-0.3, -0.25) is 9.67 Å². The molecule has 8 heteroatoms. The quantitative estimate of drug-likeness (QED) is 0.566. The molecule has 122 valence electrons. The second kappa shape index (κ2) is 6.14. The molecule has 0 fully saturated rings. The number of benzene rings is 1. The Labute approximate surface area is 143 Å². The predicted octanol–water partition coefficient (Wildman–Crippen LogP) is 2.60. The summed E-state index contributed by atoms with van der Waals surface area (Å²) in [4.78, 5) is 10.3. The van der Waals surface area contributed by atoms with E-state index in [2.05, 4.69) is 24.5 Å².